The minimum Gasteiger partial charge on any atom is -0.496 e. The summed E-state index contributed by atoms with van der Waals surface area (Å²) in [5.74, 6) is -6.21. The van der Waals surface area contributed by atoms with Gasteiger partial charge in [-0.25, -0.2) is 17.6 Å². The van der Waals surface area contributed by atoms with E-state index in [0.29, 0.717) is 12.1 Å². The molecule has 0 atom stereocenters. The molecule has 0 aliphatic heterocycles. The smallest absolute Gasteiger partial charge is 0.197 e. The van der Waals surface area contributed by atoms with Crippen molar-refractivity contribution >= 4 is 5.78 Å². The summed E-state index contributed by atoms with van der Waals surface area (Å²) in [4.78, 5) is 12.1. The molecule has 2 nitrogen and oxygen atoms in total. The van der Waals surface area contributed by atoms with Crippen molar-refractivity contribution in [2.24, 2.45) is 0 Å². The first-order chi connectivity index (χ1) is 9.43. The Kier molecular flexibility index (Phi) is 3.74. The van der Waals surface area contributed by atoms with Gasteiger partial charge in [0, 0.05) is 5.56 Å². The van der Waals surface area contributed by atoms with E-state index in [-0.39, 0.29) is 11.3 Å². The highest BCUT2D eigenvalue weighted by atomic mass is 19.2. The van der Waals surface area contributed by atoms with Gasteiger partial charge < -0.3 is 4.74 Å². The van der Waals surface area contributed by atoms with Crippen molar-refractivity contribution in [1.82, 2.24) is 0 Å². The van der Waals surface area contributed by atoms with Crippen LogP contribution in [0.1, 0.15) is 15.9 Å². The number of carbonyl (C=O) groups is 1. The highest BCUT2D eigenvalue weighted by Gasteiger charge is 2.19. The molecule has 0 aromatic heterocycles. The molecular formula is C14H8F4O2. The van der Waals surface area contributed by atoms with E-state index in [0.717, 1.165) is 12.1 Å². The van der Waals surface area contributed by atoms with E-state index in [1.165, 1.54) is 13.2 Å². The van der Waals surface area contributed by atoms with E-state index < -0.39 is 34.6 Å². The van der Waals surface area contributed by atoms with Gasteiger partial charge >= 0.3 is 0 Å². The summed E-state index contributed by atoms with van der Waals surface area (Å²) in [6, 6.07) is 4.25. The SMILES string of the molecule is COc1ccc(F)cc1C(=O)c1cc(F)c(F)c(F)c1. The van der Waals surface area contributed by atoms with E-state index in [4.69, 9.17) is 4.74 Å². The van der Waals surface area contributed by atoms with Gasteiger partial charge in [-0.15, -0.1) is 0 Å². The number of ether oxygens (including phenoxy) is 1. The second-order valence-electron chi connectivity index (χ2n) is 3.93. The van der Waals surface area contributed by atoms with Crippen molar-refractivity contribution in [2.75, 3.05) is 7.11 Å². The molecule has 2 rings (SSSR count). The van der Waals surface area contributed by atoms with Crippen molar-refractivity contribution in [1.29, 1.82) is 0 Å². The van der Waals surface area contributed by atoms with Crippen LogP contribution < -0.4 is 4.74 Å². The van der Waals surface area contributed by atoms with Crippen LogP contribution in [0.15, 0.2) is 30.3 Å². The van der Waals surface area contributed by atoms with Crippen molar-refractivity contribution in [3.8, 4) is 5.75 Å². The fourth-order valence-corrected chi connectivity index (χ4v) is 1.70. The van der Waals surface area contributed by atoms with Crippen LogP contribution in [-0.4, -0.2) is 12.9 Å². The second-order valence-corrected chi connectivity index (χ2v) is 3.93. The lowest BCUT2D eigenvalue weighted by atomic mass is 10.0. The van der Waals surface area contributed by atoms with Gasteiger partial charge in [-0.05, 0) is 30.3 Å². The molecule has 0 bridgehead atoms. The molecule has 104 valence electrons. The first kappa shape index (κ1) is 14.0. The van der Waals surface area contributed by atoms with E-state index in [2.05, 4.69) is 0 Å². The standard InChI is InChI=1S/C14H8F4O2/c1-20-12-3-2-8(15)6-9(12)14(19)7-4-10(16)13(18)11(17)5-7/h2-6H,1H3. The molecule has 20 heavy (non-hydrogen) atoms. The Morgan fingerprint density at radius 1 is 1.00 bits per heavy atom. The van der Waals surface area contributed by atoms with Gasteiger partial charge in [0.15, 0.2) is 23.2 Å². The van der Waals surface area contributed by atoms with Crippen LogP contribution in [0.25, 0.3) is 0 Å². The Balaban J connectivity index is 2.54. The van der Waals surface area contributed by atoms with Gasteiger partial charge in [-0.2, -0.15) is 0 Å². The first-order valence-corrected chi connectivity index (χ1v) is 5.47. The zero-order chi connectivity index (χ0) is 14.9. The number of ketones is 1. The molecule has 0 saturated heterocycles. The molecule has 0 fully saturated rings. The van der Waals surface area contributed by atoms with Crippen LogP contribution in [0, 0.1) is 23.3 Å². The summed E-state index contributed by atoms with van der Waals surface area (Å²) in [6.45, 7) is 0. The maximum atomic E-state index is 13.2. The molecule has 2 aromatic carbocycles. The van der Waals surface area contributed by atoms with Crippen molar-refractivity contribution in [3.05, 3.63) is 64.7 Å². The minimum absolute atomic E-state index is 0.0431. The predicted octanol–water partition coefficient (Wildman–Crippen LogP) is 3.48. The van der Waals surface area contributed by atoms with Gasteiger partial charge in [0.1, 0.15) is 11.6 Å². The Morgan fingerprint density at radius 3 is 2.15 bits per heavy atom. The van der Waals surface area contributed by atoms with E-state index in [1.807, 2.05) is 0 Å². The highest BCUT2D eigenvalue weighted by molar-refractivity contribution is 6.10. The molecule has 6 heteroatoms. The van der Waals surface area contributed by atoms with Gasteiger partial charge in [0.05, 0.1) is 12.7 Å². The second kappa shape index (κ2) is 5.32. The molecule has 0 radical (unpaired) electrons. The normalized spacial score (nSPS) is 10.4. The third-order valence-electron chi connectivity index (χ3n) is 2.65. The number of hydrogen-bond donors (Lipinski definition) is 0. The maximum absolute atomic E-state index is 13.2. The lowest BCUT2D eigenvalue weighted by molar-refractivity contribution is 0.103. The average Bonchev–Trinajstić information content (AvgIpc) is 2.43. The van der Waals surface area contributed by atoms with Crippen LogP contribution >= 0.6 is 0 Å². The van der Waals surface area contributed by atoms with Crippen LogP contribution in [0.3, 0.4) is 0 Å². The number of halogens is 4. The molecular weight excluding hydrogens is 276 g/mol. The number of benzene rings is 2. The summed E-state index contributed by atoms with van der Waals surface area (Å²) in [5.41, 5.74) is -0.650. The van der Waals surface area contributed by atoms with Gasteiger partial charge in [-0.3, -0.25) is 4.79 Å². The molecule has 0 aliphatic carbocycles. The molecule has 0 amide bonds. The fourth-order valence-electron chi connectivity index (χ4n) is 1.70. The molecule has 0 heterocycles. The van der Waals surface area contributed by atoms with Crippen molar-refractivity contribution in [2.45, 2.75) is 0 Å². The third-order valence-corrected chi connectivity index (χ3v) is 2.65. The number of hydrogen-bond acceptors (Lipinski definition) is 2. The largest absolute Gasteiger partial charge is 0.496 e. The maximum Gasteiger partial charge on any atom is 0.197 e. The summed E-state index contributed by atoms with van der Waals surface area (Å²) < 4.78 is 57.1. The number of carbonyl (C=O) groups excluding carboxylic acids is 1. The lowest BCUT2D eigenvalue weighted by Gasteiger charge is -2.08. The monoisotopic (exact) mass is 284 g/mol. The van der Waals surface area contributed by atoms with E-state index in [9.17, 15) is 22.4 Å². The van der Waals surface area contributed by atoms with Crippen molar-refractivity contribution < 1.29 is 27.1 Å². The van der Waals surface area contributed by atoms with Gasteiger partial charge in [-0.1, -0.05) is 0 Å². The Hall–Kier alpha value is -2.37. The third kappa shape index (κ3) is 2.49. The highest BCUT2D eigenvalue weighted by Crippen LogP contribution is 2.24. The summed E-state index contributed by atoms with van der Waals surface area (Å²) in [6.07, 6.45) is 0. The molecule has 0 N–H and O–H groups in total. The Bertz CT molecular complexity index is 660. The Morgan fingerprint density at radius 2 is 1.60 bits per heavy atom. The number of methoxy groups -OCH3 is 1. The summed E-state index contributed by atoms with van der Waals surface area (Å²) in [5, 5.41) is 0. The first-order valence-electron chi connectivity index (χ1n) is 5.47. The zero-order valence-corrected chi connectivity index (χ0v) is 10.2. The van der Waals surface area contributed by atoms with Gasteiger partial charge in [0.2, 0.25) is 0 Å². The van der Waals surface area contributed by atoms with Gasteiger partial charge in [0.25, 0.3) is 0 Å². The van der Waals surface area contributed by atoms with E-state index in [1.54, 1.807) is 0 Å². The van der Waals surface area contributed by atoms with Crippen LogP contribution in [0.5, 0.6) is 5.75 Å². The molecule has 0 spiro atoms. The Labute approximate surface area is 111 Å². The minimum atomic E-state index is -1.67. The summed E-state index contributed by atoms with van der Waals surface area (Å²) >= 11 is 0. The molecule has 0 saturated carbocycles. The van der Waals surface area contributed by atoms with Crippen molar-refractivity contribution in [3.63, 3.8) is 0 Å². The molecule has 0 unspecified atom stereocenters. The average molecular weight is 284 g/mol. The molecule has 0 aliphatic rings. The lowest BCUT2D eigenvalue weighted by Crippen LogP contribution is -2.07. The number of rotatable bonds is 3. The van der Waals surface area contributed by atoms with Crippen LogP contribution in [0.2, 0.25) is 0 Å². The van der Waals surface area contributed by atoms with E-state index >= 15 is 0 Å². The van der Waals surface area contributed by atoms with Crippen LogP contribution in [0.4, 0.5) is 17.6 Å². The zero-order valence-electron chi connectivity index (χ0n) is 10.2. The predicted molar refractivity (Wildman–Crippen MR) is 62.7 cm³/mol. The topological polar surface area (TPSA) is 26.3 Å². The summed E-state index contributed by atoms with van der Waals surface area (Å²) in [7, 11) is 1.26. The molecule has 2 aromatic rings. The quantitative estimate of drug-likeness (QED) is 0.490. The fraction of sp³-hybridized carbons (Fsp3) is 0.0714. The van der Waals surface area contributed by atoms with Crippen LogP contribution in [-0.2, 0) is 0 Å².